The van der Waals surface area contributed by atoms with Gasteiger partial charge < -0.3 is 10.8 Å². The maximum Gasteiger partial charge on any atom is 0.165 e. The van der Waals surface area contributed by atoms with Crippen LogP contribution in [0.5, 0.6) is 5.75 Å². The Morgan fingerprint density at radius 3 is 2.60 bits per heavy atom. The van der Waals surface area contributed by atoms with E-state index in [-0.39, 0.29) is 5.56 Å². The molecule has 0 aliphatic rings. The molecule has 1 aromatic carbocycles. The van der Waals surface area contributed by atoms with Crippen LogP contribution in [0, 0.1) is 11.6 Å². The lowest BCUT2D eigenvalue weighted by Crippen LogP contribution is -2.12. The van der Waals surface area contributed by atoms with E-state index >= 15 is 0 Å². The summed E-state index contributed by atoms with van der Waals surface area (Å²) in [4.78, 5) is 0. The predicted molar refractivity (Wildman–Crippen MR) is 54.4 cm³/mol. The summed E-state index contributed by atoms with van der Waals surface area (Å²) in [5, 5.41) is 9.33. The van der Waals surface area contributed by atoms with Gasteiger partial charge in [-0.2, -0.15) is 0 Å². The molecule has 0 aromatic heterocycles. The molecular weight excluding hydrogens is 200 g/mol. The Labute approximate surface area is 87.0 Å². The molecule has 2 nitrogen and oxygen atoms in total. The minimum absolute atomic E-state index is 0.170. The zero-order chi connectivity index (χ0) is 11.4. The summed E-state index contributed by atoms with van der Waals surface area (Å²) in [6.45, 7) is 3.50. The zero-order valence-electron chi connectivity index (χ0n) is 8.21. The Morgan fingerprint density at radius 2 is 2.00 bits per heavy atom. The zero-order valence-corrected chi connectivity index (χ0v) is 8.21. The van der Waals surface area contributed by atoms with E-state index in [2.05, 4.69) is 6.58 Å². The highest BCUT2D eigenvalue weighted by Gasteiger charge is 2.18. The van der Waals surface area contributed by atoms with E-state index in [0.29, 0.717) is 12.8 Å². The Balaban J connectivity index is 3.01. The number of allylic oxidation sites excluding steroid dienone is 1. The van der Waals surface area contributed by atoms with Crippen LogP contribution in [0.4, 0.5) is 8.78 Å². The summed E-state index contributed by atoms with van der Waals surface area (Å²) in [7, 11) is 0. The second kappa shape index (κ2) is 4.89. The largest absolute Gasteiger partial charge is 0.505 e. The van der Waals surface area contributed by atoms with Gasteiger partial charge in [-0.1, -0.05) is 6.08 Å². The molecule has 4 heteroatoms. The molecule has 0 saturated heterocycles. The number of benzene rings is 1. The third kappa shape index (κ3) is 2.53. The van der Waals surface area contributed by atoms with Crippen LogP contribution < -0.4 is 5.73 Å². The number of aromatic hydroxyl groups is 1. The fourth-order valence-electron chi connectivity index (χ4n) is 1.35. The van der Waals surface area contributed by atoms with Crippen LogP contribution in [-0.4, -0.2) is 5.11 Å². The molecule has 0 bridgehead atoms. The lowest BCUT2D eigenvalue weighted by Gasteiger charge is -2.13. The van der Waals surface area contributed by atoms with Crippen molar-refractivity contribution in [2.24, 2.45) is 5.73 Å². The number of phenols is 1. The van der Waals surface area contributed by atoms with E-state index in [1.165, 1.54) is 0 Å². The second-order valence-corrected chi connectivity index (χ2v) is 3.26. The van der Waals surface area contributed by atoms with Crippen molar-refractivity contribution in [3.05, 3.63) is 42.0 Å². The lowest BCUT2D eigenvalue weighted by molar-refractivity contribution is 0.408. The number of hydrogen-bond donors (Lipinski definition) is 2. The molecular formula is C11H13F2NO. The first-order valence-electron chi connectivity index (χ1n) is 4.61. The average Bonchev–Trinajstić information content (AvgIpc) is 2.21. The monoisotopic (exact) mass is 213 g/mol. The molecule has 1 aromatic rings. The number of nitrogens with two attached hydrogens (primary N) is 1. The van der Waals surface area contributed by atoms with E-state index in [4.69, 9.17) is 5.73 Å². The molecule has 82 valence electrons. The highest BCUT2D eigenvalue weighted by atomic mass is 19.1. The topological polar surface area (TPSA) is 46.2 Å². The van der Waals surface area contributed by atoms with Gasteiger partial charge in [-0.3, -0.25) is 0 Å². The van der Waals surface area contributed by atoms with Gasteiger partial charge in [0.2, 0.25) is 0 Å². The fraction of sp³-hybridized carbons (Fsp3) is 0.273. The van der Waals surface area contributed by atoms with Crippen LogP contribution in [0.3, 0.4) is 0 Å². The van der Waals surface area contributed by atoms with Crippen LogP contribution >= 0.6 is 0 Å². The quantitative estimate of drug-likeness (QED) is 0.755. The molecule has 0 amide bonds. The third-order valence-corrected chi connectivity index (χ3v) is 2.17. The van der Waals surface area contributed by atoms with E-state index in [1.807, 2.05) is 0 Å². The Hall–Kier alpha value is -1.42. The first-order chi connectivity index (χ1) is 7.07. The minimum atomic E-state index is -0.861. The summed E-state index contributed by atoms with van der Waals surface area (Å²) in [6, 6.07) is 1.10. The van der Waals surface area contributed by atoms with Gasteiger partial charge in [-0.25, -0.2) is 8.78 Å². The highest BCUT2D eigenvalue weighted by Crippen LogP contribution is 2.30. The van der Waals surface area contributed by atoms with Gasteiger partial charge in [0.05, 0.1) is 0 Å². The van der Waals surface area contributed by atoms with Crippen molar-refractivity contribution in [2.45, 2.75) is 18.9 Å². The van der Waals surface area contributed by atoms with Crippen molar-refractivity contribution >= 4 is 0 Å². The average molecular weight is 213 g/mol. The molecule has 1 rings (SSSR count). The van der Waals surface area contributed by atoms with Crippen molar-refractivity contribution in [3.8, 4) is 5.75 Å². The van der Waals surface area contributed by atoms with Crippen molar-refractivity contribution in [1.29, 1.82) is 0 Å². The van der Waals surface area contributed by atoms with Gasteiger partial charge >= 0.3 is 0 Å². The second-order valence-electron chi connectivity index (χ2n) is 3.26. The van der Waals surface area contributed by atoms with Gasteiger partial charge in [-0.15, -0.1) is 6.58 Å². The number of hydrogen-bond acceptors (Lipinski definition) is 2. The Morgan fingerprint density at radius 1 is 1.40 bits per heavy atom. The van der Waals surface area contributed by atoms with Gasteiger partial charge in [0, 0.05) is 11.6 Å². The molecule has 15 heavy (non-hydrogen) atoms. The smallest absolute Gasteiger partial charge is 0.165 e. The van der Waals surface area contributed by atoms with Crippen molar-refractivity contribution in [1.82, 2.24) is 0 Å². The molecule has 0 heterocycles. The molecule has 0 fully saturated rings. The highest BCUT2D eigenvalue weighted by molar-refractivity contribution is 5.37. The van der Waals surface area contributed by atoms with E-state index in [0.717, 1.165) is 12.1 Å². The van der Waals surface area contributed by atoms with Crippen LogP contribution in [0.25, 0.3) is 0 Å². The Kier molecular flexibility index (Phi) is 3.80. The molecule has 0 aliphatic heterocycles. The minimum Gasteiger partial charge on any atom is -0.505 e. The maximum absolute atomic E-state index is 13.3. The van der Waals surface area contributed by atoms with Crippen molar-refractivity contribution in [2.75, 3.05) is 0 Å². The first-order valence-corrected chi connectivity index (χ1v) is 4.61. The van der Waals surface area contributed by atoms with Gasteiger partial charge in [0.25, 0.3) is 0 Å². The molecule has 3 N–H and O–H groups in total. The van der Waals surface area contributed by atoms with Crippen LogP contribution in [0.2, 0.25) is 0 Å². The molecule has 0 radical (unpaired) electrons. The number of phenolic OH excluding ortho intramolecular Hbond substituents is 1. The summed E-state index contributed by atoms with van der Waals surface area (Å²) < 4.78 is 26.2. The summed E-state index contributed by atoms with van der Waals surface area (Å²) in [5.41, 5.74) is 5.47. The van der Waals surface area contributed by atoms with Gasteiger partial charge in [0.1, 0.15) is 5.82 Å². The maximum atomic E-state index is 13.3. The van der Waals surface area contributed by atoms with E-state index in [1.54, 1.807) is 6.08 Å². The van der Waals surface area contributed by atoms with Gasteiger partial charge in [-0.05, 0) is 25.0 Å². The molecule has 0 spiro atoms. The van der Waals surface area contributed by atoms with Gasteiger partial charge in [0.15, 0.2) is 11.6 Å². The summed E-state index contributed by atoms with van der Waals surface area (Å²) in [6.07, 6.45) is 2.63. The van der Waals surface area contributed by atoms with Crippen LogP contribution in [0.15, 0.2) is 24.8 Å². The molecule has 0 aliphatic carbocycles. The normalized spacial score (nSPS) is 12.5. The third-order valence-electron chi connectivity index (χ3n) is 2.17. The van der Waals surface area contributed by atoms with Crippen molar-refractivity contribution < 1.29 is 13.9 Å². The predicted octanol–water partition coefficient (Wildman–Crippen LogP) is 2.64. The molecule has 1 atom stereocenters. The molecule has 0 saturated carbocycles. The van der Waals surface area contributed by atoms with Crippen LogP contribution in [-0.2, 0) is 0 Å². The summed E-state index contributed by atoms with van der Waals surface area (Å²) in [5.74, 6) is -2.25. The van der Waals surface area contributed by atoms with Crippen molar-refractivity contribution in [3.63, 3.8) is 0 Å². The Bertz CT molecular complexity index is 366. The summed E-state index contributed by atoms with van der Waals surface area (Å²) >= 11 is 0. The first kappa shape index (κ1) is 11.7. The van der Waals surface area contributed by atoms with Crippen LogP contribution in [0.1, 0.15) is 24.4 Å². The lowest BCUT2D eigenvalue weighted by atomic mass is 10.0. The number of halogens is 2. The standard InChI is InChI=1S/C11H13F2NO/c1-2-3-4-9(14)10-7(12)5-6-8(13)11(10)15/h2,5-6,9,15H,1,3-4,14H2/t9-/m0/s1. The van der Waals surface area contributed by atoms with E-state index < -0.39 is 23.4 Å². The number of rotatable bonds is 4. The SMILES string of the molecule is C=CCC[C@H](N)c1c(F)ccc(F)c1O. The fourth-order valence-corrected chi connectivity index (χ4v) is 1.35. The van der Waals surface area contributed by atoms with E-state index in [9.17, 15) is 13.9 Å². The molecule has 0 unspecified atom stereocenters.